The molecule has 0 bridgehead atoms. The van der Waals surface area contributed by atoms with Gasteiger partial charge in [0.25, 0.3) is 0 Å². The van der Waals surface area contributed by atoms with Crippen LogP contribution in [-0.2, 0) is 9.59 Å². The molecule has 2 aromatic carbocycles. The van der Waals surface area contributed by atoms with Crippen molar-refractivity contribution in [1.29, 1.82) is 0 Å². The first-order valence-electron chi connectivity index (χ1n) is 8.92. The lowest BCUT2D eigenvalue weighted by atomic mass is 10.0. The molecule has 2 rings (SSSR count). The van der Waals surface area contributed by atoms with Crippen LogP contribution in [0.2, 0.25) is 0 Å². The van der Waals surface area contributed by atoms with E-state index in [2.05, 4.69) is 17.4 Å². The molecule has 4 nitrogen and oxygen atoms in total. The minimum absolute atomic E-state index is 0.0609. The van der Waals surface area contributed by atoms with Gasteiger partial charge in [0.15, 0.2) is 0 Å². The Kier molecular flexibility index (Phi) is 6.19. The van der Waals surface area contributed by atoms with Gasteiger partial charge in [-0.15, -0.1) is 0 Å². The number of benzene rings is 2. The summed E-state index contributed by atoms with van der Waals surface area (Å²) in [4.78, 5) is 26.3. The van der Waals surface area contributed by atoms with Gasteiger partial charge in [0.1, 0.15) is 0 Å². The van der Waals surface area contributed by atoms with Gasteiger partial charge in [0.2, 0.25) is 11.8 Å². The van der Waals surface area contributed by atoms with Gasteiger partial charge < -0.3 is 10.2 Å². The van der Waals surface area contributed by atoms with Gasteiger partial charge in [-0.1, -0.05) is 29.8 Å². The molecule has 0 aliphatic rings. The Bertz CT molecular complexity index is 817. The lowest BCUT2D eigenvalue weighted by Gasteiger charge is -2.23. The van der Waals surface area contributed by atoms with Gasteiger partial charge in [-0.2, -0.15) is 0 Å². The topological polar surface area (TPSA) is 49.4 Å². The number of amides is 2. The molecule has 0 aliphatic heterocycles. The van der Waals surface area contributed by atoms with E-state index in [1.54, 1.807) is 4.90 Å². The number of hydrogen-bond acceptors (Lipinski definition) is 2. The fraction of sp³-hybridized carbons (Fsp3) is 0.364. The molecule has 0 spiro atoms. The summed E-state index contributed by atoms with van der Waals surface area (Å²) in [5.41, 5.74) is 7.12. The number of anilines is 2. The van der Waals surface area contributed by atoms with E-state index in [0.717, 1.165) is 33.6 Å². The average molecular weight is 352 g/mol. The van der Waals surface area contributed by atoms with E-state index in [4.69, 9.17) is 0 Å². The van der Waals surface area contributed by atoms with E-state index >= 15 is 0 Å². The Balaban J connectivity index is 2.11. The van der Waals surface area contributed by atoms with Gasteiger partial charge in [0, 0.05) is 31.3 Å². The number of rotatable bonds is 5. The van der Waals surface area contributed by atoms with Crippen LogP contribution in [0.3, 0.4) is 0 Å². The smallest absolute Gasteiger partial charge is 0.226 e. The third kappa shape index (κ3) is 4.72. The molecule has 0 atom stereocenters. The number of nitrogens with one attached hydrogen (secondary N) is 1. The van der Waals surface area contributed by atoms with Crippen molar-refractivity contribution < 1.29 is 9.59 Å². The normalized spacial score (nSPS) is 10.5. The standard InChI is InChI=1S/C22H28N2O2/c1-14-7-8-16(3)20(13-14)24(19(6)25)10-9-21(26)23-22-17(4)11-15(2)12-18(22)5/h7-8,11-13H,9-10H2,1-6H3,(H,23,26). The van der Waals surface area contributed by atoms with Gasteiger partial charge in [-0.25, -0.2) is 0 Å². The zero-order chi connectivity index (χ0) is 19.4. The molecule has 2 amide bonds. The van der Waals surface area contributed by atoms with Crippen molar-refractivity contribution in [2.45, 2.75) is 48.0 Å². The van der Waals surface area contributed by atoms with E-state index in [0.29, 0.717) is 6.54 Å². The number of carbonyl (C=O) groups excluding carboxylic acids is 2. The van der Waals surface area contributed by atoms with Crippen molar-refractivity contribution in [1.82, 2.24) is 0 Å². The van der Waals surface area contributed by atoms with Crippen LogP contribution in [0, 0.1) is 34.6 Å². The molecule has 0 aliphatic carbocycles. The second kappa shape index (κ2) is 8.17. The van der Waals surface area contributed by atoms with Gasteiger partial charge >= 0.3 is 0 Å². The first-order valence-corrected chi connectivity index (χ1v) is 8.92. The highest BCUT2D eigenvalue weighted by atomic mass is 16.2. The minimum atomic E-state index is -0.0865. The van der Waals surface area contributed by atoms with E-state index < -0.39 is 0 Å². The van der Waals surface area contributed by atoms with Gasteiger partial charge in [-0.3, -0.25) is 9.59 Å². The van der Waals surface area contributed by atoms with Crippen LogP contribution in [0.1, 0.15) is 41.2 Å². The van der Waals surface area contributed by atoms with Crippen LogP contribution in [0.4, 0.5) is 11.4 Å². The van der Waals surface area contributed by atoms with E-state index in [9.17, 15) is 9.59 Å². The van der Waals surface area contributed by atoms with Crippen molar-refractivity contribution in [3.8, 4) is 0 Å². The van der Waals surface area contributed by atoms with Crippen LogP contribution in [0.25, 0.3) is 0 Å². The summed E-state index contributed by atoms with van der Waals surface area (Å²) in [6, 6.07) is 10.1. The van der Waals surface area contributed by atoms with Crippen LogP contribution in [0.15, 0.2) is 30.3 Å². The predicted octanol–water partition coefficient (Wildman–Crippen LogP) is 4.61. The molecule has 26 heavy (non-hydrogen) atoms. The van der Waals surface area contributed by atoms with E-state index in [-0.39, 0.29) is 18.2 Å². The molecule has 0 fully saturated rings. The third-order valence-electron chi connectivity index (χ3n) is 4.54. The molecule has 4 heteroatoms. The number of hydrogen-bond donors (Lipinski definition) is 1. The van der Waals surface area contributed by atoms with E-state index in [1.165, 1.54) is 12.5 Å². The van der Waals surface area contributed by atoms with Crippen LogP contribution >= 0.6 is 0 Å². The monoisotopic (exact) mass is 352 g/mol. The first kappa shape index (κ1) is 19.7. The maximum atomic E-state index is 12.5. The molecular weight excluding hydrogens is 324 g/mol. The SMILES string of the molecule is CC(=O)N(CCC(=O)Nc1c(C)cc(C)cc1C)c1cc(C)ccc1C. The quantitative estimate of drug-likeness (QED) is 0.854. The fourth-order valence-electron chi connectivity index (χ4n) is 3.25. The lowest BCUT2D eigenvalue weighted by Crippen LogP contribution is -2.32. The summed E-state index contributed by atoms with van der Waals surface area (Å²) in [6.07, 6.45) is 0.250. The highest BCUT2D eigenvalue weighted by Gasteiger charge is 2.16. The molecule has 0 saturated carbocycles. The maximum Gasteiger partial charge on any atom is 0.226 e. The van der Waals surface area contributed by atoms with Crippen molar-refractivity contribution >= 4 is 23.2 Å². The molecule has 1 N–H and O–H groups in total. The van der Waals surface area contributed by atoms with Crippen LogP contribution in [-0.4, -0.2) is 18.4 Å². The van der Waals surface area contributed by atoms with E-state index in [1.807, 2.05) is 52.8 Å². The summed E-state index contributed by atoms with van der Waals surface area (Å²) in [5.74, 6) is -0.147. The van der Waals surface area contributed by atoms with Crippen molar-refractivity contribution in [2.24, 2.45) is 0 Å². The van der Waals surface area contributed by atoms with Crippen molar-refractivity contribution in [3.05, 3.63) is 58.1 Å². The fourth-order valence-corrected chi connectivity index (χ4v) is 3.25. The van der Waals surface area contributed by atoms with Crippen LogP contribution in [0.5, 0.6) is 0 Å². The molecular formula is C22H28N2O2. The molecule has 0 radical (unpaired) electrons. The average Bonchev–Trinajstić information content (AvgIpc) is 2.54. The van der Waals surface area contributed by atoms with Crippen LogP contribution < -0.4 is 10.2 Å². The molecule has 138 valence electrons. The molecule has 0 saturated heterocycles. The Morgan fingerprint density at radius 3 is 2.08 bits per heavy atom. The summed E-state index contributed by atoms with van der Waals surface area (Å²) < 4.78 is 0. The second-order valence-electron chi connectivity index (χ2n) is 7.03. The summed E-state index contributed by atoms with van der Waals surface area (Å²) in [6.45, 7) is 11.9. The Morgan fingerprint density at radius 2 is 1.50 bits per heavy atom. The first-order chi connectivity index (χ1) is 12.2. The molecule has 0 aromatic heterocycles. The lowest BCUT2D eigenvalue weighted by molar-refractivity contribution is -0.117. The molecule has 0 heterocycles. The van der Waals surface area contributed by atoms with Gasteiger partial charge in [-0.05, 0) is 62.9 Å². The number of aryl methyl sites for hydroxylation is 5. The number of nitrogens with zero attached hydrogens (tertiary/aromatic N) is 1. The predicted molar refractivity (Wildman–Crippen MR) is 108 cm³/mol. The third-order valence-corrected chi connectivity index (χ3v) is 4.54. The maximum absolute atomic E-state index is 12.5. The zero-order valence-electron chi connectivity index (χ0n) is 16.6. The minimum Gasteiger partial charge on any atom is -0.326 e. The Morgan fingerprint density at radius 1 is 0.885 bits per heavy atom. The molecule has 0 unspecified atom stereocenters. The van der Waals surface area contributed by atoms with Gasteiger partial charge in [0.05, 0.1) is 0 Å². The Hall–Kier alpha value is -2.62. The highest BCUT2D eigenvalue weighted by Crippen LogP contribution is 2.24. The number of carbonyl (C=O) groups is 2. The van der Waals surface area contributed by atoms with Crippen molar-refractivity contribution in [2.75, 3.05) is 16.8 Å². The Labute approximate surface area is 156 Å². The summed E-state index contributed by atoms with van der Waals surface area (Å²) in [5, 5.41) is 3.00. The van der Waals surface area contributed by atoms with Crippen molar-refractivity contribution in [3.63, 3.8) is 0 Å². The molecule has 2 aromatic rings. The second-order valence-corrected chi connectivity index (χ2v) is 7.03. The summed E-state index contributed by atoms with van der Waals surface area (Å²) in [7, 11) is 0. The largest absolute Gasteiger partial charge is 0.326 e. The highest BCUT2D eigenvalue weighted by molar-refractivity contribution is 5.96. The zero-order valence-corrected chi connectivity index (χ0v) is 16.6. The summed E-state index contributed by atoms with van der Waals surface area (Å²) >= 11 is 0.